The largest absolute Gasteiger partial charge is 0.459 e. The van der Waals surface area contributed by atoms with Gasteiger partial charge in [0, 0.05) is 18.7 Å². The minimum Gasteiger partial charge on any atom is -0.459 e. The molecule has 0 unspecified atom stereocenters. The summed E-state index contributed by atoms with van der Waals surface area (Å²) >= 11 is 0. The maximum Gasteiger partial charge on any atom is 0.321 e. The van der Waals surface area contributed by atoms with Crippen molar-refractivity contribution in [1.82, 2.24) is 4.90 Å². The summed E-state index contributed by atoms with van der Waals surface area (Å²) in [5, 5.41) is 0. The summed E-state index contributed by atoms with van der Waals surface area (Å²) in [4.78, 5) is 35.0. The van der Waals surface area contributed by atoms with E-state index in [1.54, 1.807) is 20.8 Å². The van der Waals surface area contributed by atoms with Crippen LogP contribution in [0.4, 0.5) is 0 Å². The highest BCUT2D eigenvalue weighted by Crippen LogP contribution is 2.09. The van der Waals surface area contributed by atoms with Crippen molar-refractivity contribution in [3.8, 4) is 0 Å². The van der Waals surface area contributed by atoms with Gasteiger partial charge in [0.1, 0.15) is 11.4 Å². The van der Waals surface area contributed by atoms with Crippen LogP contribution in [0.25, 0.3) is 0 Å². The van der Waals surface area contributed by atoms with Crippen molar-refractivity contribution in [2.45, 2.75) is 32.8 Å². The number of rotatable bonds is 6. The molecule has 1 heterocycles. The Morgan fingerprint density at radius 3 is 2.19 bits per heavy atom. The zero-order chi connectivity index (χ0) is 16.3. The van der Waals surface area contributed by atoms with Gasteiger partial charge < -0.3 is 4.74 Å². The predicted octanol–water partition coefficient (Wildman–Crippen LogP) is 0.0580. The number of nitrogens with zero attached hydrogens (tertiary/aromatic N) is 1. The van der Waals surface area contributed by atoms with Gasteiger partial charge in [-0.05, 0) is 27.2 Å². The van der Waals surface area contributed by atoms with Crippen LogP contribution in [0.5, 0.6) is 0 Å². The standard InChI is InChI=1S/C13H19NO6S/c1-13(2,3)20-12(17)9-21(18,19)8-4-7-14-10(15)5-6-11(14)16/h5-6H,4,7-9H2,1-3H3. The first kappa shape index (κ1) is 17.4. The van der Waals surface area contributed by atoms with Crippen LogP contribution in [0.2, 0.25) is 0 Å². The molecule has 0 saturated carbocycles. The highest BCUT2D eigenvalue weighted by molar-refractivity contribution is 7.92. The molecule has 8 heteroatoms. The predicted molar refractivity (Wildman–Crippen MR) is 75.0 cm³/mol. The molecule has 0 fully saturated rings. The third-order valence-electron chi connectivity index (χ3n) is 2.50. The fourth-order valence-corrected chi connectivity index (χ4v) is 2.85. The SMILES string of the molecule is CC(C)(C)OC(=O)CS(=O)(=O)CCCN1C(=O)C=CC1=O. The number of carbonyl (C=O) groups excluding carboxylic acids is 3. The molecule has 7 nitrogen and oxygen atoms in total. The molecular weight excluding hydrogens is 298 g/mol. The van der Waals surface area contributed by atoms with E-state index in [0.29, 0.717) is 0 Å². The van der Waals surface area contributed by atoms with E-state index in [1.807, 2.05) is 0 Å². The monoisotopic (exact) mass is 317 g/mol. The number of ether oxygens (including phenoxy) is 1. The molecule has 1 aliphatic rings. The molecule has 0 aromatic carbocycles. The van der Waals surface area contributed by atoms with Crippen molar-refractivity contribution in [1.29, 1.82) is 0 Å². The normalized spacial score (nSPS) is 15.7. The van der Waals surface area contributed by atoms with Crippen LogP contribution in [0, 0.1) is 0 Å². The Labute approximate surface area is 123 Å². The lowest BCUT2D eigenvalue weighted by molar-refractivity contribution is -0.151. The summed E-state index contributed by atoms with van der Waals surface area (Å²) in [5.41, 5.74) is -0.743. The van der Waals surface area contributed by atoms with Gasteiger partial charge in [0.25, 0.3) is 11.8 Å². The Bertz CT molecular complexity index is 552. The number of esters is 1. The highest BCUT2D eigenvalue weighted by Gasteiger charge is 2.25. The average molecular weight is 317 g/mol. The second kappa shape index (κ2) is 6.38. The van der Waals surface area contributed by atoms with Gasteiger partial charge in [-0.1, -0.05) is 0 Å². The van der Waals surface area contributed by atoms with E-state index < -0.39 is 39.0 Å². The zero-order valence-electron chi connectivity index (χ0n) is 12.3. The molecule has 0 aliphatic carbocycles. The summed E-state index contributed by atoms with van der Waals surface area (Å²) in [6, 6.07) is 0. The van der Waals surface area contributed by atoms with Gasteiger partial charge in [0.2, 0.25) is 0 Å². The lowest BCUT2D eigenvalue weighted by atomic mass is 10.2. The van der Waals surface area contributed by atoms with Gasteiger partial charge in [-0.25, -0.2) is 8.42 Å². The molecule has 2 amide bonds. The Kier molecular flexibility index (Phi) is 5.27. The molecule has 1 aliphatic heterocycles. The van der Waals surface area contributed by atoms with Crippen molar-refractivity contribution in [3.63, 3.8) is 0 Å². The quantitative estimate of drug-likeness (QED) is 0.507. The molecular formula is C13H19NO6S. The third kappa shape index (κ3) is 6.07. The van der Waals surface area contributed by atoms with Crippen LogP contribution < -0.4 is 0 Å². The smallest absolute Gasteiger partial charge is 0.321 e. The van der Waals surface area contributed by atoms with Crippen LogP contribution in [0.1, 0.15) is 27.2 Å². The number of imide groups is 1. The van der Waals surface area contributed by atoms with E-state index in [1.165, 1.54) is 0 Å². The lowest BCUT2D eigenvalue weighted by Crippen LogP contribution is -2.33. The van der Waals surface area contributed by atoms with E-state index in [2.05, 4.69) is 0 Å². The van der Waals surface area contributed by atoms with E-state index in [0.717, 1.165) is 17.1 Å². The summed E-state index contributed by atoms with van der Waals surface area (Å²) in [6.07, 6.45) is 2.36. The Morgan fingerprint density at radius 2 is 1.71 bits per heavy atom. The van der Waals surface area contributed by atoms with Crippen molar-refractivity contribution >= 4 is 27.6 Å². The van der Waals surface area contributed by atoms with Crippen molar-refractivity contribution in [3.05, 3.63) is 12.2 Å². The van der Waals surface area contributed by atoms with Crippen LogP contribution in [0.3, 0.4) is 0 Å². The fraction of sp³-hybridized carbons (Fsp3) is 0.615. The van der Waals surface area contributed by atoms with Crippen LogP contribution in [0.15, 0.2) is 12.2 Å². The second-order valence-electron chi connectivity index (χ2n) is 5.69. The van der Waals surface area contributed by atoms with Gasteiger partial charge in [0.15, 0.2) is 9.84 Å². The molecule has 0 aromatic heterocycles. The Balaban J connectivity index is 2.42. The topological polar surface area (TPSA) is 97.8 Å². The first-order valence-electron chi connectivity index (χ1n) is 6.46. The number of carbonyl (C=O) groups is 3. The van der Waals surface area contributed by atoms with Crippen molar-refractivity contribution in [2.24, 2.45) is 0 Å². The van der Waals surface area contributed by atoms with Crippen LogP contribution >= 0.6 is 0 Å². The molecule has 21 heavy (non-hydrogen) atoms. The van der Waals surface area contributed by atoms with Gasteiger partial charge in [-0.2, -0.15) is 0 Å². The lowest BCUT2D eigenvalue weighted by Gasteiger charge is -2.19. The van der Waals surface area contributed by atoms with Crippen LogP contribution in [-0.2, 0) is 29.0 Å². The zero-order valence-corrected chi connectivity index (χ0v) is 13.1. The first-order valence-corrected chi connectivity index (χ1v) is 8.28. The Morgan fingerprint density at radius 1 is 1.19 bits per heavy atom. The van der Waals surface area contributed by atoms with E-state index >= 15 is 0 Å². The molecule has 0 atom stereocenters. The first-order chi connectivity index (χ1) is 9.50. The Hall–Kier alpha value is -1.70. The molecule has 0 aromatic rings. The van der Waals surface area contributed by atoms with Crippen LogP contribution in [-0.4, -0.2) is 54.8 Å². The maximum absolute atomic E-state index is 11.8. The number of sulfone groups is 1. The molecule has 0 saturated heterocycles. The number of hydrogen-bond donors (Lipinski definition) is 0. The molecule has 1 rings (SSSR count). The number of amides is 2. The minimum absolute atomic E-state index is 0.0121. The molecule has 0 radical (unpaired) electrons. The maximum atomic E-state index is 11.8. The van der Waals surface area contributed by atoms with Gasteiger partial charge >= 0.3 is 5.97 Å². The van der Waals surface area contributed by atoms with Gasteiger partial charge in [0.05, 0.1) is 5.75 Å². The van der Waals surface area contributed by atoms with Gasteiger partial charge in [-0.3, -0.25) is 19.3 Å². The fourth-order valence-electron chi connectivity index (χ4n) is 1.72. The van der Waals surface area contributed by atoms with Crippen molar-refractivity contribution in [2.75, 3.05) is 18.1 Å². The van der Waals surface area contributed by atoms with Crippen molar-refractivity contribution < 1.29 is 27.5 Å². The van der Waals surface area contributed by atoms with E-state index in [9.17, 15) is 22.8 Å². The molecule has 118 valence electrons. The van der Waals surface area contributed by atoms with E-state index in [4.69, 9.17) is 4.74 Å². The minimum atomic E-state index is -3.62. The second-order valence-corrected chi connectivity index (χ2v) is 7.88. The summed E-state index contributed by atoms with van der Waals surface area (Å²) in [5.74, 6) is -2.71. The van der Waals surface area contributed by atoms with E-state index in [-0.39, 0.29) is 18.7 Å². The van der Waals surface area contributed by atoms with Gasteiger partial charge in [-0.15, -0.1) is 0 Å². The average Bonchev–Trinajstić information content (AvgIpc) is 2.56. The number of hydrogen-bond acceptors (Lipinski definition) is 6. The summed E-state index contributed by atoms with van der Waals surface area (Å²) in [6.45, 7) is 4.96. The highest BCUT2D eigenvalue weighted by atomic mass is 32.2. The molecule has 0 spiro atoms. The summed E-state index contributed by atoms with van der Waals surface area (Å²) < 4.78 is 28.5. The third-order valence-corrected chi connectivity index (χ3v) is 4.08. The molecule has 0 bridgehead atoms. The summed E-state index contributed by atoms with van der Waals surface area (Å²) in [7, 11) is -3.62. The molecule has 0 N–H and O–H groups in total.